The molecule has 0 saturated carbocycles. The summed E-state index contributed by atoms with van der Waals surface area (Å²) in [5.74, 6) is 1.51. The lowest BCUT2D eigenvalue weighted by molar-refractivity contribution is 0.299. The molecule has 21 heavy (non-hydrogen) atoms. The topological polar surface area (TPSA) is 9.23 Å². The Balaban J connectivity index is 2.12. The smallest absolute Gasteiger partial charge is 0.121 e. The summed E-state index contributed by atoms with van der Waals surface area (Å²) >= 11 is 0. The standard InChI is InChI=1S/C20H20O/c1-14-18(16-10-6-4-7-11-16)19(15(2)20(14)21-3)17-12-8-5-9-13-17/h4-13,18-19H,1H2,2-3H3/t18-,19-/m1/s1. The molecule has 106 valence electrons. The summed E-state index contributed by atoms with van der Waals surface area (Å²) in [6.45, 7) is 6.46. The Hall–Kier alpha value is -2.28. The maximum Gasteiger partial charge on any atom is 0.121 e. The SMILES string of the molecule is C=C1C(OC)=C(C)[C@H](c2ccccc2)[C@H]1c1ccccc1. The van der Waals surface area contributed by atoms with Crippen LogP contribution in [0.1, 0.15) is 29.9 Å². The summed E-state index contributed by atoms with van der Waals surface area (Å²) in [5.41, 5.74) is 4.96. The quantitative estimate of drug-likeness (QED) is 0.762. The fraction of sp³-hybridized carbons (Fsp3) is 0.200. The molecule has 0 N–H and O–H groups in total. The zero-order valence-corrected chi connectivity index (χ0v) is 12.5. The van der Waals surface area contributed by atoms with E-state index < -0.39 is 0 Å². The molecule has 0 radical (unpaired) electrons. The van der Waals surface area contributed by atoms with Crippen molar-refractivity contribution in [3.8, 4) is 0 Å². The molecule has 1 aliphatic rings. The van der Waals surface area contributed by atoms with E-state index in [2.05, 4.69) is 74.2 Å². The second-order valence-corrected chi connectivity index (χ2v) is 5.52. The van der Waals surface area contributed by atoms with Gasteiger partial charge in [-0.2, -0.15) is 0 Å². The van der Waals surface area contributed by atoms with Crippen LogP contribution >= 0.6 is 0 Å². The minimum atomic E-state index is 0.253. The van der Waals surface area contributed by atoms with Crippen LogP contribution in [0.25, 0.3) is 0 Å². The molecule has 0 saturated heterocycles. The number of hydrogen-bond donors (Lipinski definition) is 0. The van der Waals surface area contributed by atoms with Crippen molar-refractivity contribution in [1.82, 2.24) is 0 Å². The third-order valence-corrected chi connectivity index (χ3v) is 4.35. The molecule has 1 heteroatoms. The molecular weight excluding hydrogens is 256 g/mol. The van der Waals surface area contributed by atoms with Crippen LogP contribution in [-0.4, -0.2) is 7.11 Å². The minimum absolute atomic E-state index is 0.253. The predicted molar refractivity (Wildman–Crippen MR) is 87.2 cm³/mol. The Morgan fingerprint density at radius 1 is 0.810 bits per heavy atom. The van der Waals surface area contributed by atoms with E-state index in [0.717, 1.165) is 11.3 Å². The highest BCUT2D eigenvalue weighted by molar-refractivity contribution is 5.53. The molecule has 2 aromatic carbocycles. The van der Waals surface area contributed by atoms with Crippen molar-refractivity contribution in [2.75, 3.05) is 7.11 Å². The summed E-state index contributed by atoms with van der Waals surface area (Å²) in [5, 5.41) is 0. The second kappa shape index (κ2) is 5.61. The van der Waals surface area contributed by atoms with Crippen molar-refractivity contribution < 1.29 is 4.74 Å². The molecule has 0 heterocycles. The first kappa shape index (κ1) is 13.7. The Morgan fingerprint density at radius 3 is 1.76 bits per heavy atom. The molecule has 0 fully saturated rings. The molecular formula is C20H20O. The van der Waals surface area contributed by atoms with E-state index in [9.17, 15) is 0 Å². The van der Waals surface area contributed by atoms with Crippen LogP contribution in [-0.2, 0) is 4.74 Å². The van der Waals surface area contributed by atoms with E-state index in [1.807, 2.05) is 0 Å². The molecule has 0 bridgehead atoms. The van der Waals surface area contributed by atoms with Crippen LogP contribution in [0.4, 0.5) is 0 Å². The van der Waals surface area contributed by atoms with Crippen molar-refractivity contribution in [2.45, 2.75) is 18.8 Å². The highest BCUT2D eigenvalue weighted by atomic mass is 16.5. The molecule has 0 aliphatic heterocycles. The van der Waals surface area contributed by atoms with Crippen molar-refractivity contribution in [3.63, 3.8) is 0 Å². The molecule has 0 spiro atoms. The van der Waals surface area contributed by atoms with Gasteiger partial charge in [0.1, 0.15) is 5.76 Å². The summed E-state index contributed by atoms with van der Waals surface area (Å²) in [6, 6.07) is 21.2. The number of benzene rings is 2. The van der Waals surface area contributed by atoms with E-state index in [1.165, 1.54) is 16.7 Å². The molecule has 0 unspecified atom stereocenters. The number of ether oxygens (including phenoxy) is 1. The van der Waals surface area contributed by atoms with Gasteiger partial charge in [-0.1, -0.05) is 67.2 Å². The minimum Gasteiger partial charge on any atom is -0.497 e. The summed E-state index contributed by atoms with van der Waals surface area (Å²) in [4.78, 5) is 0. The third kappa shape index (κ3) is 2.29. The lowest BCUT2D eigenvalue weighted by Gasteiger charge is -2.23. The van der Waals surface area contributed by atoms with Crippen LogP contribution in [0, 0.1) is 0 Å². The van der Waals surface area contributed by atoms with Crippen molar-refractivity contribution >= 4 is 0 Å². The molecule has 3 rings (SSSR count). The van der Waals surface area contributed by atoms with Gasteiger partial charge in [-0.3, -0.25) is 0 Å². The summed E-state index contributed by atoms with van der Waals surface area (Å²) in [6.07, 6.45) is 0. The first-order chi connectivity index (χ1) is 10.2. The van der Waals surface area contributed by atoms with Gasteiger partial charge in [0, 0.05) is 11.8 Å². The second-order valence-electron chi connectivity index (χ2n) is 5.52. The summed E-state index contributed by atoms with van der Waals surface area (Å²) < 4.78 is 5.62. The Bertz CT molecular complexity index is 667. The largest absolute Gasteiger partial charge is 0.497 e. The van der Waals surface area contributed by atoms with Crippen molar-refractivity contribution in [2.24, 2.45) is 0 Å². The van der Waals surface area contributed by atoms with E-state index in [0.29, 0.717) is 5.92 Å². The normalized spacial score (nSPS) is 21.7. The number of rotatable bonds is 3. The Labute approximate surface area is 126 Å². The van der Waals surface area contributed by atoms with Gasteiger partial charge in [-0.05, 0) is 29.2 Å². The van der Waals surface area contributed by atoms with Gasteiger partial charge < -0.3 is 4.74 Å². The Morgan fingerprint density at radius 2 is 1.29 bits per heavy atom. The molecule has 2 atom stereocenters. The number of hydrogen-bond acceptors (Lipinski definition) is 1. The van der Waals surface area contributed by atoms with Gasteiger partial charge >= 0.3 is 0 Å². The van der Waals surface area contributed by atoms with Gasteiger partial charge in [-0.15, -0.1) is 0 Å². The third-order valence-electron chi connectivity index (χ3n) is 4.35. The highest BCUT2D eigenvalue weighted by Gasteiger charge is 2.38. The number of allylic oxidation sites excluding steroid dienone is 2. The lowest BCUT2D eigenvalue weighted by Crippen LogP contribution is -2.08. The summed E-state index contributed by atoms with van der Waals surface area (Å²) in [7, 11) is 1.74. The first-order valence-corrected chi connectivity index (χ1v) is 7.28. The Kier molecular flexibility index (Phi) is 3.66. The van der Waals surface area contributed by atoms with Gasteiger partial charge in [0.15, 0.2) is 0 Å². The molecule has 0 aromatic heterocycles. The van der Waals surface area contributed by atoms with Crippen LogP contribution in [0.2, 0.25) is 0 Å². The number of methoxy groups -OCH3 is 1. The van der Waals surface area contributed by atoms with E-state index in [-0.39, 0.29) is 5.92 Å². The predicted octanol–water partition coefficient (Wildman–Crippen LogP) is 5.04. The van der Waals surface area contributed by atoms with Gasteiger partial charge in [0.25, 0.3) is 0 Å². The molecule has 1 aliphatic carbocycles. The zero-order chi connectivity index (χ0) is 14.8. The molecule has 2 aromatic rings. The fourth-order valence-corrected chi connectivity index (χ4v) is 3.44. The van der Waals surface area contributed by atoms with Gasteiger partial charge in [0.2, 0.25) is 0 Å². The first-order valence-electron chi connectivity index (χ1n) is 7.28. The van der Waals surface area contributed by atoms with Gasteiger partial charge in [0.05, 0.1) is 7.11 Å². The van der Waals surface area contributed by atoms with E-state index in [1.54, 1.807) is 7.11 Å². The van der Waals surface area contributed by atoms with Crippen molar-refractivity contribution in [3.05, 3.63) is 95.3 Å². The zero-order valence-electron chi connectivity index (χ0n) is 12.5. The average molecular weight is 276 g/mol. The molecule has 0 amide bonds. The maximum atomic E-state index is 5.62. The fourth-order valence-electron chi connectivity index (χ4n) is 3.44. The van der Waals surface area contributed by atoms with Gasteiger partial charge in [-0.25, -0.2) is 0 Å². The van der Waals surface area contributed by atoms with E-state index >= 15 is 0 Å². The van der Waals surface area contributed by atoms with Crippen LogP contribution < -0.4 is 0 Å². The van der Waals surface area contributed by atoms with Crippen molar-refractivity contribution in [1.29, 1.82) is 0 Å². The maximum absolute atomic E-state index is 5.62. The van der Waals surface area contributed by atoms with Crippen LogP contribution in [0.3, 0.4) is 0 Å². The monoisotopic (exact) mass is 276 g/mol. The van der Waals surface area contributed by atoms with E-state index in [4.69, 9.17) is 4.74 Å². The highest BCUT2D eigenvalue weighted by Crippen LogP contribution is 2.51. The molecule has 1 nitrogen and oxygen atoms in total. The average Bonchev–Trinajstić information content (AvgIpc) is 2.79. The lowest BCUT2D eigenvalue weighted by atomic mass is 9.80. The van der Waals surface area contributed by atoms with Crippen LogP contribution in [0.5, 0.6) is 0 Å². The van der Waals surface area contributed by atoms with Crippen LogP contribution in [0.15, 0.2) is 84.1 Å².